The summed E-state index contributed by atoms with van der Waals surface area (Å²) in [5.74, 6) is 0. The van der Waals surface area contributed by atoms with Gasteiger partial charge in [-0.25, -0.2) is 0 Å². The van der Waals surface area contributed by atoms with Crippen molar-refractivity contribution in [3.8, 4) is 12.1 Å². The Morgan fingerprint density at radius 3 is 2.79 bits per heavy atom. The van der Waals surface area contributed by atoms with Gasteiger partial charge in [0.2, 0.25) is 0 Å². The summed E-state index contributed by atoms with van der Waals surface area (Å²) in [5.41, 5.74) is 6.67. The number of nitriles is 2. The lowest BCUT2D eigenvalue weighted by atomic mass is 10.1. The largest absolute Gasteiger partial charge is 0.330 e. The molecule has 2 N–H and O–H groups in total. The van der Waals surface area contributed by atoms with Gasteiger partial charge in [0.15, 0.2) is 0 Å². The number of hydrogen-bond acceptors (Lipinski definition) is 4. The first-order valence-electron chi connectivity index (χ1n) is 4.10. The Balaban J connectivity index is 2.98. The van der Waals surface area contributed by atoms with Crippen molar-refractivity contribution in [2.24, 2.45) is 5.73 Å². The summed E-state index contributed by atoms with van der Waals surface area (Å²) in [4.78, 5) is 0.952. The molecule has 1 aromatic rings. The first-order valence-corrected chi connectivity index (χ1v) is 4.98. The molecule has 0 aliphatic rings. The first kappa shape index (κ1) is 10.5. The smallest absolute Gasteiger partial charge is 0.131 e. The van der Waals surface area contributed by atoms with Crippen LogP contribution in [0.25, 0.3) is 6.08 Å². The van der Waals surface area contributed by atoms with Crippen LogP contribution in [0.2, 0.25) is 0 Å². The number of nitrogens with two attached hydrogens (primary N) is 1. The number of nitrogens with zero attached hydrogens (tertiary/aromatic N) is 2. The van der Waals surface area contributed by atoms with Crippen molar-refractivity contribution in [1.82, 2.24) is 0 Å². The molecule has 1 aromatic heterocycles. The highest BCUT2D eigenvalue weighted by molar-refractivity contribution is 7.11. The normalized spacial score (nSPS) is 8.79. The third-order valence-electron chi connectivity index (χ3n) is 1.71. The van der Waals surface area contributed by atoms with E-state index in [4.69, 9.17) is 16.3 Å². The van der Waals surface area contributed by atoms with Crippen molar-refractivity contribution in [3.05, 3.63) is 27.5 Å². The summed E-state index contributed by atoms with van der Waals surface area (Å²) in [5, 5.41) is 19.1. The van der Waals surface area contributed by atoms with Gasteiger partial charge in [0.1, 0.15) is 17.7 Å². The average molecular weight is 203 g/mol. The number of thiophene rings is 1. The Morgan fingerprint density at radius 2 is 2.21 bits per heavy atom. The summed E-state index contributed by atoms with van der Waals surface area (Å²) in [7, 11) is 0. The van der Waals surface area contributed by atoms with Gasteiger partial charge >= 0.3 is 0 Å². The molecule has 4 heteroatoms. The monoisotopic (exact) mass is 203 g/mol. The maximum absolute atomic E-state index is 8.58. The van der Waals surface area contributed by atoms with E-state index in [2.05, 4.69) is 0 Å². The molecule has 0 aliphatic heterocycles. The molecule has 0 saturated heterocycles. The summed E-state index contributed by atoms with van der Waals surface area (Å²) >= 11 is 1.51. The Labute approximate surface area is 86.7 Å². The van der Waals surface area contributed by atoms with Crippen molar-refractivity contribution < 1.29 is 0 Å². The van der Waals surface area contributed by atoms with Gasteiger partial charge in [-0.2, -0.15) is 10.5 Å². The standard InChI is InChI=1S/C10H9N3S/c11-3-1-9-2-4-14-10(9)5-8(6-12)7-13/h2,4-5H,1,3,11H2. The van der Waals surface area contributed by atoms with Crippen LogP contribution in [0.15, 0.2) is 17.0 Å². The van der Waals surface area contributed by atoms with E-state index in [9.17, 15) is 0 Å². The highest BCUT2D eigenvalue weighted by atomic mass is 32.1. The van der Waals surface area contributed by atoms with E-state index < -0.39 is 0 Å². The molecule has 0 bridgehead atoms. The fraction of sp³-hybridized carbons (Fsp3) is 0.200. The molecule has 0 amide bonds. The van der Waals surface area contributed by atoms with Gasteiger partial charge < -0.3 is 5.73 Å². The van der Waals surface area contributed by atoms with Gasteiger partial charge in [-0.05, 0) is 36.1 Å². The second-order valence-corrected chi connectivity index (χ2v) is 3.58. The summed E-state index contributed by atoms with van der Waals surface area (Å²) < 4.78 is 0. The Kier molecular flexibility index (Phi) is 3.87. The second kappa shape index (κ2) is 5.18. The Bertz CT molecular complexity index is 401. The fourth-order valence-electron chi connectivity index (χ4n) is 1.06. The van der Waals surface area contributed by atoms with Gasteiger partial charge in [0.05, 0.1) is 0 Å². The van der Waals surface area contributed by atoms with Gasteiger partial charge in [-0.3, -0.25) is 0 Å². The van der Waals surface area contributed by atoms with Crippen LogP contribution in [0.4, 0.5) is 0 Å². The van der Waals surface area contributed by atoms with Crippen molar-refractivity contribution in [2.75, 3.05) is 6.54 Å². The molecule has 1 heterocycles. The van der Waals surface area contributed by atoms with E-state index in [0.717, 1.165) is 16.9 Å². The van der Waals surface area contributed by atoms with Crippen LogP contribution in [0.3, 0.4) is 0 Å². The van der Waals surface area contributed by atoms with Crippen LogP contribution in [-0.4, -0.2) is 6.54 Å². The molecule has 0 unspecified atom stereocenters. The molecule has 0 fully saturated rings. The molecule has 0 aromatic carbocycles. The molecule has 14 heavy (non-hydrogen) atoms. The van der Waals surface area contributed by atoms with Gasteiger partial charge in [-0.1, -0.05) is 0 Å². The Hall–Kier alpha value is -1.62. The lowest BCUT2D eigenvalue weighted by Gasteiger charge is -1.95. The molecule has 0 radical (unpaired) electrons. The lowest BCUT2D eigenvalue weighted by molar-refractivity contribution is 0.972. The molecular weight excluding hydrogens is 194 g/mol. The molecule has 3 nitrogen and oxygen atoms in total. The number of hydrogen-bond donors (Lipinski definition) is 1. The first-order chi connectivity index (χ1) is 6.81. The van der Waals surface area contributed by atoms with Gasteiger partial charge in [0, 0.05) is 4.88 Å². The summed E-state index contributed by atoms with van der Waals surface area (Å²) in [6.07, 6.45) is 2.38. The van der Waals surface area contributed by atoms with E-state index >= 15 is 0 Å². The summed E-state index contributed by atoms with van der Waals surface area (Å²) in [6.45, 7) is 0.575. The van der Waals surface area contributed by atoms with Crippen LogP contribution in [0, 0.1) is 22.7 Å². The average Bonchev–Trinajstić information content (AvgIpc) is 2.62. The van der Waals surface area contributed by atoms with Crippen LogP contribution in [0.1, 0.15) is 10.4 Å². The van der Waals surface area contributed by atoms with Crippen LogP contribution in [0.5, 0.6) is 0 Å². The van der Waals surface area contributed by atoms with Crippen molar-refractivity contribution in [3.63, 3.8) is 0 Å². The minimum atomic E-state index is 0.130. The molecule has 1 rings (SSSR count). The summed E-state index contributed by atoms with van der Waals surface area (Å²) in [6, 6.07) is 5.64. The van der Waals surface area contributed by atoms with Crippen molar-refractivity contribution in [1.29, 1.82) is 10.5 Å². The van der Waals surface area contributed by atoms with E-state index in [-0.39, 0.29) is 5.57 Å². The lowest BCUT2D eigenvalue weighted by Crippen LogP contribution is -2.02. The molecule has 0 spiro atoms. The minimum Gasteiger partial charge on any atom is -0.330 e. The van der Waals surface area contributed by atoms with Crippen molar-refractivity contribution >= 4 is 17.4 Å². The molecular formula is C10H9N3S. The zero-order chi connectivity index (χ0) is 10.4. The Morgan fingerprint density at radius 1 is 1.50 bits per heavy atom. The van der Waals surface area contributed by atoms with Crippen LogP contribution >= 0.6 is 11.3 Å². The van der Waals surface area contributed by atoms with Gasteiger partial charge in [0.25, 0.3) is 0 Å². The number of rotatable bonds is 3. The second-order valence-electron chi connectivity index (χ2n) is 2.63. The van der Waals surface area contributed by atoms with Crippen molar-refractivity contribution in [2.45, 2.75) is 6.42 Å². The number of allylic oxidation sites excluding steroid dienone is 1. The predicted octanol–water partition coefficient (Wildman–Crippen LogP) is 1.68. The van der Waals surface area contributed by atoms with Gasteiger partial charge in [-0.15, -0.1) is 11.3 Å². The molecule has 0 atom stereocenters. The van der Waals surface area contributed by atoms with E-state index in [0.29, 0.717) is 6.54 Å². The van der Waals surface area contributed by atoms with E-state index in [1.54, 1.807) is 6.08 Å². The zero-order valence-corrected chi connectivity index (χ0v) is 8.34. The van der Waals surface area contributed by atoms with E-state index in [1.807, 2.05) is 23.6 Å². The maximum Gasteiger partial charge on any atom is 0.131 e. The van der Waals surface area contributed by atoms with E-state index in [1.165, 1.54) is 11.3 Å². The molecule has 0 saturated carbocycles. The third kappa shape index (κ3) is 2.43. The topological polar surface area (TPSA) is 73.6 Å². The fourth-order valence-corrected chi connectivity index (χ4v) is 1.94. The van der Waals surface area contributed by atoms with Crippen LogP contribution in [-0.2, 0) is 6.42 Å². The molecule has 70 valence electrons. The predicted molar refractivity (Wildman–Crippen MR) is 56.3 cm³/mol. The highest BCUT2D eigenvalue weighted by Gasteiger charge is 2.02. The van der Waals surface area contributed by atoms with Crippen LogP contribution < -0.4 is 5.73 Å². The SMILES string of the molecule is N#CC(C#N)=Cc1sccc1CCN. The quantitative estimate of drug-likeness (QED) is 0.759. The zero-order valence-electron chi connectivity index (χ0n) is 7.53. The highest BCUT2D eigenvalue weighted by Crippen LogP contribution is 2.20. The maximum atomic E-state index is 8.58. The minimum absolute atomic E-state index is 0.130. The molecule has 0 aliphatic carbocycles. The third-order valence-corrected chi connectivity index (χ3v) is 2.62.